The van der Waals surface area contributed by atoms with Gasteiger partial charge in [0.1, 0.15) is 0 Å². The molecule has 3 aromatic rings. The number of para-hydroxylation sites is 1. The maximum atomic E-state index is 13.2. The molecule has 0 atom stereocenters. The summed E-state index contributed by atoms with van der Waals surface area (Å²) >= 11 is 0. The largest absolute Gasteiger partial charge is 0.416 e. The third-order valence-electron chi connectivity index (χ3n) is 3.76. The molecule has 0 aliphatic rings. The lowest BCUT2D eigenvalue weighted by Gasteiger charge is -2.16. The minimum atomic E-state index is -4.86. The zero-order valence-electron chi connectivity index (χ0n) is 12.1. The van der Waals surface area contributed by atoms with Crippen LogP contribution < -0.4 is 0 Å². The fraction of sp³-hybridized carbons (Fsp3) is 0.176. The van der Waals surface area contributed by atoms with E-state index in [-0.39, 0.29) is 18.2 Å². The fourth-order valence-corrected chi connectivity index (χ4v) is 2.62. The molecule has 1 aromatic heterocycles. The van der Waals surface area contributed by atoms with Gasteiger partial charge < -0.3 is 4.57 Å². The number of aromatic nitrogens is 1. The first-order chi connectivity index (χ1) is 11.2. The normalized spacial score (nSPS) is 12.8. The summed E-state index contributed by atoms with van der Waals surface area (Å²) in [4.78, 5) is 0. The fourth-order valence-electron chi connectivity index (χ4n) is 2.62. The van der Waals surface area contributed by atoms with Crippen LogP contribution >= 0.6 is 0 Å². The van der Waals surface area contributed by atoms with Crippen molar-refractivity contribution in [2.75, 3.05) is 0 Å². The summed E-state index contributed by atoms with van der Waals surface area (Å²) in [5.41, 5.74) is -2.08. The summed E-state index contributed by atoms with van der Waals surface area (Å²) in [7, 11) is 0. The van der Waals surface area contributed by atoms with Crippen LogP contribution in [0.15, 0.2) is 54.7 Å². The molecule has 7 heteroatoms. The van der Waals surface area contributed by atoms with Crippen LogP contribution in [-0.2, 0) is 18.9 Å². The average Bonchev–Trinajstić information content (AvgIpc) is 2.89. The van der Waals surface area contributed by atoms with Crippen LogP contribution in [0.2, 0.25) is 0 Å². The van der Waals surface area contributed by atoms with Gasteiger partial charge in [0, 0.05) is 18.3 Å². The Kier molecular flexibility index (Phi) is 3.81. The molecule has 1 heterocycles. The molecule has 0 fully saturated rings. The van der Waals surface area contributed by atoms with E-state index < -0.39 is 23.5 Å². The van der Waals surface area contributed by atoms with Crippen LogP contribution in [0.1, 0.15) is 16.7 Å². The highest BCUT2D eigenvalue weighted by atomic mass is 19.4. The second kappa shape index (κ2) is 5.58. The Hall–Kier alpha value is -2.44. The molecule has 0 bridgehead atoms. The predicted octanol–water partition coefficient (Wildman–Crippen LogP) is 5.73. The Morgan fingerprint density at radius 3 is 2.17 bits per heavy atom. The van der Waals surface area contributed by atoms with Gasteiger partial charge in [-0.1, -0.05) is 24.3 Å². The van der Waals surface area contributed by atoms with Gasteiger partial charge >= 0.3 is 12.4 Å². The van der Waals surface area contributed by atoms with Gasteiger partial charge in [0.05, 0.1) is 11.1 Å². The van der Waals surface area contributed by atoms with Crippen LogP contribution in [0.3, 0.4) is 0 Å². The number of alkyl halides is 6. The monoisotopic (exact) mass is 343 g/mol. The summed E-state index contributed by atoms with van der Waals surface area (Å²) in [6.45, 7) is -0.166. The summed E-state index contributed by atoms with van der Waals surface area (Å²) < 4.78 is 79.2. The van der Waals surface area contributed by atoms with E-state index in [4.69, 9.17) is 0 Å². The molecule has 2 aromatic carbocycles. The van der Waals surface area contributed by atoms with Crippen molar-refractivity contribution in [1.29, 1.82) is 0 Å². The Balaban J connectivity index is 2.07. The molecule has 1 nitrogen and oxygen atoms in total. The van der Waals surface area contributed by atoms with Gasteiger partial charge in [-0.2, -0.15) is 26.3 Å². The van der Waals surface area contributed by atoms with Crippen molar-refractivity contribution in [3.05, 3.63) is 71.4 Å². The van der Waals surface area contributed by atoms with Crippen LogP contribution in [-0.4, -0.2) is 4.57 Å². The van der Waals surface area contributed by atoms with Gasteiger partial charge in [0.2, 0.25) is 0 Å². The highest BCUT2D eigenvalue weighted by molar-refractivity contribution is 5.80. The van der Waals surface area contributed by atoms with E-state index in [2.05, 4.69) is 0 Å². The van der Waals surface area contributed by atoms with E-state index >= 15 is 0 Å². The molecule has 126 valence electrons. The summed E-state index contributed by atoms with van der Waals surface area (Å²) in [5.74, 6) is 0. The maximum absolute atomic E-state index is 13.2. The molecule has 0 amide bonds. The standard InChI is InChI=1S/C17H11F6N/c18-16(19,20)13-6-5-12(14(9-13)17(21,22)23)10-24-8-7-11-3-1-2-4-15(11)24/h1-9H,10H2. The Morgan fingerprint density at radius 2 is 1.50 bits per heavy atom. The third-order valence-corrected chi connectivity index (χ3v) is 3.76. The highest BCUT2D eigenvalue weighted by Crippen LogP contribution is 2.37. The van der Waals surface area contributed by atoms with Crippen molar-refractivity contribution in [2.24, 2.45) is 0 Å². The van der Waals surface area contributed by atoms with Crippen molar-refractivity contribution in [3.63, 3.8) is 0 Å². The number of hydrogen-bond donors (Lipinski definition) is 0. The van der Waals surface area contributed by atoms with Crippen molar-refractivity contribution in [1.82, 2.24) is 4.57 Å². The summed E-state index contributed by atoms with van der Waals surface area (Å²) in [6, 6.07) is 10.6. The SMILES string of the molecule is FC(F)(F)c1ccc(Cn2ccc3ccccc32)c(C(F)(F)F)c1. The molecular weight excluding hydrogens is 332 g/mol. The third kappa shape index (κ3) is 3.11. The van der Waals surface area contributed by atoms with Crippen molar-refractivity contribution in [3.8, 4) is 0 Å². The number of nitrogens with zero attached hydrogens (tertiary/aromatic N) is 1. The molecule has 0 radical (unpaired) electrons. The van der Waals surface area contributed by atoms with E-state index in [1.165, 1.54) is 0 Å². The Labute approximate surface area is 133 Å². The lowest BCUT2D eigenvalue weighted by atomic mass is 10.0. The first kappa shape index (κ1) is 16.4. The Bertz CT molecular complexity index is 873. The molecule has 0 spiro atoms. The Morgan fingerprint density at radius 1 is 0.792 bits per heavy atom. The molecule has 0 aliphatic heterocycles. The van der Waals surface area contributed by atoms with Crippen molar-refractivity contribution < 1.29 is 26.3 Å². The second-order valence-electron chi connectivity index (χ2n) is 5.37. The quantitative estimate of drug-likeness (QED) is 0.524. The minimum absolute atomic E-state index is 0.166. The van der Waals surface area contributed by atoms with Gasteiger partial charge in [0.25, 0.3) is 0 Å². The first-order valence-electron chi connectivity index (χ1n) is 6.97. The highest BCUT2D eigenvalue weighted by Gasteiger charge is 2.38. The van der Waals surface area contributed by atoms with Gasteiger partial charge in [-0.3, -0.25) is 0 Å². The van der Waals surface area contributed by atoms with Crippen LogP contribution in [0, 0.1) is 0 Å². The minimum Gasteiger partial charge on any atom is -0.343 e. The van der Waals surface area contributed by atoms with E-state index in [0.29, 0.717) is 11.6 Å². The smallest absolute Gasteiger partial charge is 0.343 e. The molecular formula is C17H11F6N. The molecule has 0 unspecified atom stereocenters. The van der Waals surface area contributed by atoms with Gasteiger partial charge in [-0.25, -0.2) is 0 Å². The molecule has 24 heavy (non-hydrogen) atoms. The van der Waals surface area contributed by atoms with Crippen molar-refractivity contribution >= 4 is 10.9 Å². The lowest BCUT2D eigenvalue weighted by Crippen LogP contribution is -2.15. The first-order valence-corrected chi connectivity index (χ1v) is 6.97. The summed E-state index contributed by atoms with van der Waals surface area (Å²) in [6.07, 6.45) is -8.07. The molecule has 0 aliphatic carbocycles. The predicted molar refractivity (Wildman–Crippen MR) is 77.5 cm³/mol. The molecule has 3 rings (SSSR count). The topological polar surface area (TPSA) is 4.93 Å². The molecule has 0 N–H and O–H groups in total. The van der Waals surface area contributed by atoms with E-state index in [9.17, 15) is 26.3 Å². The summed E-state index contributed by atoms with van der Waals surface area (Å²) in [5, 5.41) is 0.845. The number of hydrogen-bond acceptors (Lipinski definition) is 0. The van der Waals surface area contributed by atoms with Crippen LogP contribution in [0.4, 0.5) is 26.3 Å². The zero-order chi connectivity index (χ0) is 17.5. The van der Waals surface area contributed by atoms with E-state index in [0.717, 1.165) is 11.5 Å². The molecule has 0 saturated heterocycles. The second-order valence-corrected chi connectivity index (χ2v) is 5.37. The van der Waals surface area contributed by atoms with Gasteiger partial charge in [-0.05, 0) is 35.2 Å². The average molecular weight is 343 g/mol. The van der Waals surface area contributed by atoms with E-state index in [1.54, 1.807) is 35.0 Å². The van der Waals surface area contributed by atoms with Crippen LogP contribution in [0.5, 0.6) is 0 Å². The number of fused-ring (bicyclic) bond motifs is 1. The van der Waals surface area contributed by atoms with Crippen molar-refractivity contribution in [2.45, 2.75) is 18.9 Å². The number of benzene rings is 2. The number of rotatable bonds is 2. The van der Waals surface area contributed by atoms with E-state index in [1.807, 2.05) is 6.07 Å². The van der Waals surface area contributed by atoms with Gasteiger partial charge in [-0.15, -0.1) is 0 Å². The lowest BCUT2D eigenvalue weighted by molar-refractivity contribution is -0.143. The zero-order valence-corrected chi connectivity index (χ0v) is 12.1. The number of halogens is 6. The molecule has 0 saturated carbocycles. The van der Waals surface area contributed by atoms with Crippen LogP contribution in [0.25, 0.3) is 10.9 Å². The van der Waals surface area contributed by atoms with Gasteiger partial charge in [0.15, 0.2) is 0 Å². The maximum Gasteiger partial charge on any atom is 0.416 e.